The molecular weight excluding hydrogens is 206 g/mol. The van der Waals surface area contributed by atoms with E-state index in [2.05, 4.69) is 30.6 Å². The fourth-order valence-corrected chi connectivity index (χ4v) is 2.45. The Morgan fingerprint density at radius 2 is 2.27 bits per heavy atom. The topological polar surface area (TPSA) is 16.4 Å². The van der Waals surface area contributed by atoms with Gasteiger partial charge in [0.2, 0.25) is 0 Å². The minimum absolute atomic E-state index is 0.509. The molecule has 0 unspecified atom stereocenters. The molecule has 0 N–H and O–H groups in total. The van der Waals surface area contributed by atoms with E-state index in [1.165, 1.54) is 18.4 Å². The first-order valence-corrected chi connectivity index (χ1v) is 6.11. The molecule has 0 amide bonds. The summed E-state index contributed by atoms with van der Waals surface area (Å²) < 4.78 is 5.30. The van der Waals surface area contributed by atoms with Gasteiger partial charge in [0.25, 0.3) is 0 Å². The van der Waals surface area contributed by atoms with Gasteiger partial charge in [-0.05, 0) is 44.0 Å². The first-order chi connectivity index (χ1) is 7.15. The summed E-state index contributed by atoms with van der Waals surface area (Å²) in [6.07, 6.45) is 4.44. The van der Waals surface area contributed by atoms with E-state index in [9.17, 15) is 0 Å². The van der Waals surface area contributed by atoms with Crippen molar-refractivity contribution in [2.75, 3.05) is 19.3 Å². The van der Waals surface area contributed by atoms with Crippen LogP contribution in [0.2, 0.25) is 0 Å². The van der Waals surface area contributed by atoms with Crippen LogP contribution in [0.3, 0.4) is 0 Å². The van der Waals surface area contributed by atoms with Crippen LogP contribution in [-0.2, 0) is 6.54 Å². The fraction of sp³-hybridized carbons (Fsp3) is 0.667. The Morgan fingerprint density at radius 3 is 2.73 bits per heavy atom. The first kappa shape index (κ1) is 11.1. The minimum atomic E-state index is 0.509. The maximum atomic E-state index is 5.30. The molecule has 0 aliphatic heterocycles. The number of aryl methyl sites for hydroxylation is 1. The highest BCUT2D eigenvalue weighted by atomic mass is 32.1. The van der Waals surface area contributed by atoms with Crippen molar-refractivity contribution in [3.8, 4) is 0 Å². The number of hydrogen-bond donors (Lipinski definition) is 1. The molecule has 15 heavy (non-hydrogen) atoms. The van der Waals surface area contributed by atoms with E-state index in [0.29, 0.717) is 5.41 Å². The van der Waals surface area contributed by atoms with E-state index < -0.39 is 0 Å². The van der Waals surface area contributed by atoms with Gasteiger partial charge in [-0.2, -0.15) is 12.6 Å². The summed E-state index contributed by atoms with van der Waals surface area (Å²) in [5.74, 6) is 2.06. The van der Waals surface area contributed by atoms with Crippen LogP contribution in [0, 0.1) is 12.3 Å². The summed E-state index contributed by atoms with van der Waals surface area (Å²) in [6, 6.07) is 2.06. The van der Waals surface area contributed by atoms with E-state index in [-0.39, 0.29) is 0 Å². The van der Waals surface area contributed by atoms with Gasteiger partial charge in [0, 0.05) is 18.7 Å². The largest absolute Gasteiger partial charge is 0.469 e. The second-order valence-corrected chi connectivity index (χ2v) is 5.15. The predicted molar refractivity (Wildman–Crippen MR) is 65.3 cm³/mol. The van der Waals surface area contributed by atoms with E-state index in [0.717, 1.165) is 24.6 Å². The lowest BCUT2D eigenvalue weighted by atomic mass is 10.1. The quantitative estimate of drug-likeness (QED) is 0.776. The Bertz CT molecular complexity index is 330. The summed E-state index contributed by atoms with van der Waals surface area (Å²) in [4.78, 5) is 2.38. The molecule has 84 valence electrons. The van der Waals surface area contributed by atoms with Crippen molar-refractivity contribution in [2.24, 2.45) is 5.41 Å². The molecule has 3 heteroatoms. The van der Waals surface area contributed by atoms with Gasteiger partial charge < -0.3 is 9.32 Å². The molecule has 2 nitrogen and oxygen atoms in total. The lowest BCUT2D eigenvalue weighted by molar-refractivity contribution is 0.269. The average molecular weight is 225 g/mol. The maximum Gasteiger partial charge on any atom is 0.105 e. The van der Waals surface area contributed by atoms with Gasteiger partial charge in [0.15, 0.2) is 0 Å². The van der Waals surface area contributed by atoms with Crippen molar-refractivity contribution in [3.63, 3.8) is 0 Å². The van der Waals surface area contributed by atoms with Crippen LogP contribution in [0.15, 0.2) is 16.7 Å². The van der Waals surface area contributed by atoms with Crippen LogP contribution in [0.1, 0.15) is 24.2 Å². The third kappa shape index (κ3) is 2.58. The number of rotatable bonds is 5. The first-order valence-electron chi connectivity index (χ1n) is 5.48. The van der Waals surface area contributed by atoms with Crippen molar-refractivity contribution in [2.45, 2.75) is 26.3 Å². The van der Waals surface area contributed by atoms with Gasteiger partial charge in [0.05, 0.1) is 6.26 Å². The molecule has 1 saturated carbocycles. The summed E-state index contributed by atoms with van der Waals surface area (Å²) in [6.45, 7) is 4.16. The van der Waals surface area contributed by atoms with Crippen molar-refractivity contribution in [1.82, 2.24) is 4.90 Å². The Hall–Kier alpha value is -0.410. The fourth-order valence-electron chi connectivity index (χ4n) is 2.04. The lowest BCUT2D eigenvalue weighted by Crippen LogP contribution is -2.27. The van der Waals surface area contributed by atoms with Crippen LogP contribution < -0.4 is 0 Å². The van der Waals surface area contributed by atoms with Gasteiger partial charge in [-0.3, -0.25) is 0 Å². The normalized spacial score (nSPS) is 18.4. The molecule has 0 radical (unpaired) electrons. The minimum Gasteiger partial charge on any atom is -0.469 e. The lowest BCUT2D eigenvalue weighted by Gasteiger charge is -2.22. The number of furan rings is 1. The molecule has 0 saturated heterocycles. The second-order valence-electron chi connectivity index (χ2n) is 4.83. The predicted octanol–water partition coefficient (Wildman–Crippen LogP) is 2.73. The van der Waals surface area contributed by atoms with Crippen LogP contribution >= 0.6 is 12.6 Å². The SMILES string of the molecule is Cc1occc1CN(C)CC1(CS)CC1. The average Bonchev–Trinajstić information content (AvgIpc) is 2.86. The molecule has 1 fully saturated rings. The summed E-state index contributed by atoms with van der Waals surface area (Å²) in [5, 5.41) is 0. The van der Waals surface area contributed by atoms with E-state index in [1.807, 2.05) is 6.92 Å². The number of thiol groups is 1. The van der Waals surface area contributed by atoms with Gasteiger partial charge in [0.1, 0.15) is 5.76 Å². The van der Waals surface area contributed by atoms with E-state index >= 15 is 0 Å². The zero-order chi connectivity index (χ0) is 10.9. The monoisotopic (exact) mass is 225 g/mol. The van der Waals surface area contributed by atoms with E-state index in [4.69, 9.17) is 4.42 Å². The van der Waals surface area contributed by atoms with Gasteiger partial charge in [-0.15, -0.1) is 0 Å². The van der Waals surface area contributed by atoms with Crippen molar-refractivity contribution < 1.29 is 4.42 Å². The maximum absolute atomic E-state index is 5.30. The van der Waals surface area contributed by atoms with Gasteiger partial charge in [-0.1, -0.05) is 0 Å². The Kier molecular flexibility index (Phi) is 3.12. The van der Waals surface area contributed by atoms with Crippen molar-refractivity contribution >= 4 is 12.6 Å². The van der Waals surface area contributed by atoms with Crippen LogP contribution in [-0.4, -0.2) is 24.2 Å². The third-order valence-electron chi connectivity index (χ3n) is 3.30. The molecule has 2 rings (SSSR count). The molecule has 1 aliphatic rings. The molecular formula is C12H19NOS. The van der Waals surface area contributed by atoms with Crippen LogP contribution in [0.25, 0.3) is 0 Å². The van der Waals surface area contributed by atoms with E-state index in [1.54, 1.807) is 6.26 Å². The Balaban J connectivity index is 1.87. The van der Waals surface area contributed by atoms with Crippen LogP contribution in [0.4, 0.5) is 0 Å². The molecule has 1 aromatic heterocycles. The molecule has 0 aromatic carbocycles. The van der Waals surface area contributed by atoms with Crippen molar-refractivity contribution in [3.05, 3.63) is 23.7 Å². The molecule has 0 spiro atoms. The standard InChI is InChI=1S/C12H19NOS/c1-10-11(3-6-14-10)7-13(2)8-12(9-15)4-5-12/h3,6,15H,4-5,7-9H2,1-2H3. The molecule has 1 aromatic rings. The van der Waals surface area contributed by atoms with Crippen LogP contribution in [0.5, 0.6) is 0 Å². The number of nitrogens with zero attached hydrogens (tertiary/aromatic N) is 1. The van der Waals surface area contributed by atoms with Gasteiger partial charge >= 0.3 is 0 Å². The Labute approximate surface area is 97.1 Å². The highest BCUT2D eigenvalue weighted by molar-refractivity contribution is 7.80. The number of hydrogen-bond acceptors (Lipinski definition) is 3. The third-order valence-corrected chi connectivity index (χ3v) is 3.98. The molecule has 1 heterocycles. The zero-order valence-electron chi connectivity index (χ0n) is 9.49. The second kappa shape index (κ2) is 4.22. The Morgan fingerprint density at radius 1 is 1.53 bits per heavy atom. The highest BCUT2D eigenvalue weighted by Crippen LogP contribution is 2.47. The summed E-state index contributed by atoms with van der Waals surface area (Å²) in [7, 11) is 2.18. The molecule has 0 bridgehead atoms. The summed E-state index contributed by atoms with van der Waals surface area (Å²) in [5.41, 5.74) is 1.81. The smallest absolute Gasteiger partial charge is 0.105 e. The molecule has 0 atom stereocenters. The van der Waals surface area contributed by atoms with Crippen molar-refractivity contribution in [1.29, 1.82) is 0 Å². The molecule has 1 aliphatic carbocycles. The summed E-state index contributed by atoms with van der Waals surface area (Å²) >= 11 is 4.43. The van der Waals surface area contributed by atoms with Gasteiger partial charge in [-0.25, -0.2) is 0 Å². The zero-order valence-corrected chi connectivity index (χ0v) is 10.4. The highest BCUT2D eigenvalue weighted by Gasteiger charge is 2.41.